The minimum Gasteiger partial charge on any atom is -0.354 e. The summed E-state index contributed by atoms with van der Waals surface area (Å²) in [6, 6.07) is 3.54. The fourth-order valence-electron chi connectivity index (χ4n) is 2.54. The van der Waals surface area contributed by atoms with E-state index in [4.69, 9.17) is 20.6 Å². The molecule has 0 amide bonds. The highest BCUT2D eigenvalue weighted by atomic mass is 35.5. The fourth-order valence-corrected chi connectivity index (χ4v) is 7.08. The van der Waals surface area contributed by atoms with Crippen LogP contribution in [-0.4, -0.2) is 62.6 Å². The Hall–Kier alpha value is -0.700. The summed E-state index contributed by atoms with van der Waals surface area (Å²) in [7, 11) is -7.40. The van der Waals surface area contributed by atoms with Crippen LogP contribution in [0.5, 0.6) is 0 Å². The summed E-state index contributed by atoms with van der Waals surface area (Å²) in [6.45, 7) is 5.09. The Kier molecular flexibility index (Phi) is 7.25. The van der Waals surface area contributed by atoms with E-state index in [0.29, 0.717) is 18.1 Å². The van der Waals surface area contributed by atoms with Gasteiger partial charge in [-0.3, -0.25) is 4.57 Å². The van der Waals surface area contributed by atoms with Crippen molar-refractivity contribution >= 4 is 35.0 Å². The molecule has 0 radical (unpaired) electrons. The van der Waals surface area contributed by atoms with Gasteiger partial charge in [0.25, 0.3) is 0 Å². The molecule has 1 saturated heterocycles. The lowest BCUT2D eigenvalue weighted by atomic mass is 10.3. The lowest BCUT2D eigenvalue weighted by Gasteiger charge is -2.35. The number of nitrogens with zero attached hydrogens (tertiary/aromatic N) is 3. The van der Waals surface area contributed by atoms with E-state index in [2.05, 4.69) is 4.98 Å². The van der Waals surface area contributed by atoms with Gasteiger partial charge in [0.1, 0.15) is 5.82 Å². The summed E-state index contributed by atoms with van der Waals surface area (Å²) < 4.78 is 49.2. The molecular weight excluding hydrogens is 389 g/mol. The van der Waals surface area contributed by atoms with Gasteiger partial charge in [-0.2, -0.15) is 4.31 Å². The van der Waals surface area contributed by atoms with Crippen LogP contribution in [0.1, 0.15) is 13.8 Å². The number of piperazine rings is 1. The van der Waals surface area contributed by atoms with Crippen molar-refractivity contribution in [3.63, 3.8) is 0 Å². The van der Waals surface area contributed by atoms with Crippen molar-refractivity contribution in [3.05, 3.63) is 23.4 Å². The summed E-state index contributed by atoms with van der Waals surface area (Å²) in [5.41, 5.74) is -0.638. The maximum atomic E-state index is 12.6. The molecular formula is C14H23ClN3O5PS. The van der Waals surface area contributed by atoms with Crippen molar-refractivity contribution in [2.75, 3.05) is 49.8 Å². The maximum absolute atomic E-state index is 12.6. The molecule has 0 unspecified atom stereocenters. The zero-order chi connectivity index (χ0) is 18.5. The molecule has 0 atom stereocenters. The number of hydrogen-bond donors (Lipinski definition) is 0. The number of hydrogen-bond acceptors (Lipinski definition) is 7. The highest BCUT2D eigenvalue weighted by molar-refractivity contribution is 7.95. The van der Waals surface area contributed by atoms with Crippen LogP contribution in [0.2, 0.25) is 5.02 Å². The molecule has 25 heavy (non-hydrogen) atoms. The molecule has 1 aliphatic heterocycles. The monoisotopic (exact) mass is 411 g/mol. The predicted molar refractivity (Wildman–Crippen MR) is 97.7 cm³/mol. The Morgan fingerprint density at radius 3 is 2.24 bits per heavy atom. The van der Waals surface area contributed by atoms with Crippen LogP contribution in [-0.2, 0) is 23.6 Å². The Labute approximate surface area is 153 Å². The van der Waals surface area contributed by atoms with Gasteiger partial charge in [-0.25, -0.2) is 13.4 Å². The largest absolute Gasteiger partial charge is 0.354 e. The van der Waals surface area contributed by atoms with Gasteiger partial charge in [0.2, 0.25) is 10.0 Å². The topological polar surface area (TPSA) is 89.0 Å². The highest BCUT2D eigenvalue weighted by Crippen LogP contribution is 2.49. The van der Waals surface area contributed by atoms with Crippen LogP contribution in [0.15, 0.2) is 18.3 Å². The molecule has 1 fully saturated rings. The van der Waals surface area contributed by atoms with Gasteiger partial charge < -0.3 is 13.9 Å². The molecule has 0 aromatic carbocycles. The zero-order valence-electron chi connectivity index (χ0n) is 14.3. The molecule has 0 bridgehead atoms. The van der Waals surface area contributed by atoms with E-state index in [1.165, 1.54) is 4.31 Å². The third kappa shape index (κ3) is 5.64. The van der Waals surface area contributed by atoms with E-state index in [1.807, 2.05) is 4.90 Å². The van der Waals surface area contributed by atoms with E-state index >= 15 is 0 Å². The van der Waals surface area contributed by atoms with Crippen LogP contribution < -0.4 is 4.90 Å². The first kappa shape index (κ1) is 20.6. The standard InChI is InChI=1S/C14H23ClN3O5PS/c1-3-22-24(19,23-4-2)12-25(20,21)18-9-7-17(8-10-18)14-6-5-13(15)11-16-14/h5-6,11H,3-4,7-10,12H2,1-2H3. The van der Waals surface area contributed by atoms with Gasteiger partial charge in [-0.1, -0.05) is 11.6 Å². The van der Waals surface area contributed by atoms with Crippen molar-refractivity contribution in [1.29, 1.82) is 0 Å². The average Bonchev–Trinajstić information content (AvgIpc) is 2.55. The van der Waals surface area contributed by atoms with Gasteiger partial charge in [0, 0.05) is 32.4 Å². The number of rotatable bonds is 8. The van der Waals surface area contributed by atoms with Crippen molar-refractivity contribution < 1.29 is 22.0 Å². The van der Waals surface area contributed by atoms with Crippen LogP contribution in [0.3, 0.4) is 0 Å². The van der Waals surface area contributed by atoms with E-state index in [9.17, 15) is 13.0 Å². The van der Waals surface area contributed by atoms with E-state index in [-0.39, 0.29) is 26.3 Å². The minimum absolute atomic E-state index is 0.128. The van der Waals surface area contributed by atoms with Crippen LogP contribution >= 0.6 is 19.2 Å². The first-order chi connectivity index (χ1) is 11.8. The fraction of sp³-hybridized carbons (Fsp3) is 0.643. The SMILES string of the molecule is CCOP(=O)(CS(=O)(=O)N1CCN(c2ccc(Cl)cn2)CC1)OCC. The third-order valence-electron chi connectivity index (χ3n) is 3.64. The Morgan fingerprint density at radius 1 is 1.16 bits per heavy atom. The number of halogens is 1. The van der Waals surface area contributed by atoms with Crippen molar-refractivity contribution in [2.24, 2.45) is 0 Å². The molecule has 2 rings (SSSR count). The maximum Gasteiger partial charge on any atom is 0.347 e. The molecule has 1 aromatic rings. The van der Waals surface area contributed by atoms with E-state index in [0.717, 1.165) is 5.82 Å². The van der Waals surface area contributed by atoms with Gasteiger partial charge in [0.05, 0.1) is 18.2 Å². The van der Waals surface area contributed by atoms with Crippen LogP contribution in [0, 0.1) is 0 Å². The molecule has 2 heterocycles. The van der Waals surface area contributed by atoms with Crippen LogP contribution in [0.25, 0.3) is 0 Å². The summed E-state index contributed by atoms with van der Waals surface area (Å²) in [6.07, 6.45) is 1.56. The molecule has 0 aliphatic carbocycles. The second-order valence-corrected chi connectivity index (χ2v) is 10.3. The van der Waals surface area contributed by atoms with Gasteiger partial charge in [0.15, 0.2) is 5.49 Å². The molecule has 142 valence electrons. The second kappa shape index (κ2) is 8.79. The van der Waals surface area contributed by atoms with Crippen LogP contribution in [0.4, 0.5) is 5.82 Å². The highest BCUT2D eigenvalue weighted by Gasteiger charge is 2.36. The number of anilines is 1. The van der Waals surface area contributed by atoms with Gasteiger partial charge >= 0.3 is 7.60 Å². The summed E-state index contributed by atoms with van der Waals surface area (Å²) >= 11 is 5.83. The normalized spacial score (nSPS) is 17.0. The summed E-state index contributed by atoms with van der Waals surface area (Å²) in [5, 5.41) is 0.549. The lowest BCUT2D eigenvalue weighted by Crippen LogP contribution is -2.49. The molecule has 8 nitrogen and oxygen atoms in total. The quantitative estimate of drug-likeness (QED) is 0.607. The van der Waals surface area contributed by atoms with Crippen molar-refractivity contribution in [2.45, 2.75) is 13.8 Å². The van der Waals surface area contributed by atoms with E-state index in [1.54, 1.807) is 32.2 Å². The molecule has 11 heteroatoms. The van der Waals surface area contributed by atoms with Crippen molar-refractivity contribution in [3.8, 4) is 0 Å². The lowest BCUT2D eigenvalue weighted by molar-refractivity contribution is 0.223. The Balaban J connectivity index is 2.00. The molecule has 0 spiro atoms. The summed E-state index contributed by atoms with van der Waals surface area (Å²) in [5.74, 6) is 0.746. The predicted octanol–water partition coefficient (Wildman–Crippen LogP) is 2.41. The molecule has 1 aliphatic rings. The summed E-state index contributed by atoms with van der Waals surface area (Å²) in [4.78, 5) is 6.22. The molecule has 0 saturated carbocycles. The molecule has 0 N–H and O–H groups in total. The second-order valence-electron chi connectivity index (χ2n) is 5.41. The van der Waals surface area contributed by atoms with Gasteiger partial charge in [-0.15, -0.1) is 0 Å². The molecule has 1 aromatic heterocycles. The smallest absolute Gasteiger partial charge is 0.347 e. The Bertz CT molecular complexity index is 698. The number of sulfonamides is 1. The Morgan fingerprint density at radius 2 is 1.76 bits per heavy atom. The van der Waals surface area contributed by atoms with Crippen molar-refractivity contribution in [1.82, 2.24) is 9.29 Å². The van der Waals surface area contributed by atoms with Gasteiger partial charge in [-0.05, 0) is 26.0 Å². The average molecular weight is 412 g/mol. The first-order valence-corrected chi connectivity index (χ1v) is 11.7. The number of aromatic nitrogens is 1. The zero-order valence-corrected chi connectivity index (χ0v) is 16.8. The van der Waals surface area contributed by atoms with E-state index < -0.39 is 23.1 Å². The first-order valence-electron chi connectivity index (χ1n) is 8.02. The number of pyridine rings is 1. The third-order valence-corrected chi connectivity index (χ3v) is 8.89. The minimum atomic E-state index is -3.75.